The van der Waals surface area contributed by atoms with E-state index in [2.05, 4.69) is 20.8 Å². The molecule has 1 atom stereocenters. The number of unbranched alkanes of at least 4 members (excludes halogenated alkanes) is 27. The van der Waals surface area contributed by atoms with Crippen molar-refractivity contribution in [3.63, 3.8) is 0 Å². The maximum absolute atomic E-state index is 6.61. The van der Waals surface area contributed by atoms with E-state index in [1.54, 1.807) is 0 Å². The molecule has 0 heterocycles. The van der Waals surface area contributed by atoms with Gasteiger partial charge < -0.3 is 9.16 Å². The first kappa shape index (κ1) is 42.1. The molecule has 0 saturated carbocycles. The van der Waals surface area contributed by atoms with E-state index in [9.17, 15) is 0 Å². The minimum absolute atomic E-state index is 0.0272. The van der Waals surface area contributed by atoms with Gasteiger partial charge in [0, 0.05) is 7.11 Å². The summed E-state index contributed by atoms with van der Waals surface area (Å²) in [4.78, 5) is 0. The van der Waals surface area contributed by atoms with Crippen molar-refractivity contribution in [2.45, 2.75) is 244 Å². The molecule has 0 bridgehead atoms. The van der Waals surface area contributed by atoms with E-state index >= 15 is 0 Å². The molecule has 0 aliphatic rings. The molecule has 0 amide bonds. The topological polar surface area (TPSA) is 18.5 Å². The van der Waals surface area contributed by atoms with Crippen LogP contribution in [0.2, 0.25) is 0 Å². The Labute approximate surface area is 270 Å². The highest BCUT2D eigenvalue weighted by atomic mass is 28.2. The van der Waals surface area contributed by atoms with Crippen LogP contribution in [0.15, 0.2) is 0 Å². The van der Waals surface area contributed by atoms with Gasteiger partial charge in [-0.1, -0.05) is 213 Å². The Kier molecular flexibility index (Phi) is 34.1. The van der Waals surface area contributed by atoms with Gasteiger partial charge >= 0.3 is 0 Å². The van der Waals surface area contributed by atoms with Gasteiger partial charge in [-0.2, -0.15) is 0 Å². The van der Waals surface area contributed by atoms with Crippen LogP contribution in [0.5, 0.6) is 0 Å². The van der Waals surface area contributed by atoms with Gasteiger partial charge in [0.2, 0.25) is 0 Å². The molecule has 0 spiro atoms. The van der Waals surface area contributed by atoms with Gasteiger partial charge in [-0.05, 0) is 19.3 Å². The Morgan fingerprint density at radius 1 is 0.405 bits per heavy atom. The first-order valence-electron chi connectivity index (χ1n) is 19.8. The zero-order chi connectivity index (χ0) is 30.8. The van der Waals surface area contributed by atoms with Crippen molar-refractivity contribution < 1.29 is 9.16 Å². The number of hydrogen-bond acceptors (Lipinski definition) is 2. The first-order chi connectivity index (χ1) is 20.7. The Morgan fingerprint density at radius 3 is 0.929 bits per heavy atom. The summed E-state index contributed by atoms with van der Waals surface area (Å²) < 4.78 is 12.9. The van der Waals surface area contributed by atoms with Gasteiger partial charge in [0.05, 0.1) is 11.7 Å². The van der Waals surface area contributed by atoms with Crippen LogP contribution in [-0.4, -0.2) is 29.3 Å². The standard InChI is InChI=1S/C39H82O2Si/c1-5-8-11-14-17-20-23-26-29-32-35-38(40-4)39(41-42,36-33-30-27-24-21-18-15-12-9-6-2)37-34-31-28-25-22-19-16-13-10-7-3/h38H,5-37H2,1-4,42H3. The Balaban J connectivity index is 4.55. The van der Waals surface area contributed by atoms with Crippen LogP contribution in [0, 0.1) is 0 Å². The van der Waals surface area contributed by atoms with Crippen LogP contribution < -0.4 is 0 Å². The van der Waals surface area contributed by atoms with Crippen molar-refractivity contribution in [2.24, 2.45) is 0 Å². The quantitative estimate of drug-likeness (QED) is 0.0519. The molecule has 0 aromatic carbocycles. The minimum atomic E-state index is -0.0272. The predicted molar refractivity (Wildman–Crippen MR) is 194 cm³/mol. The molecule has 0 radical (unpaired) electrons. The van der Waals surface area contributed by atoms with Gasteiger partial charge in [-0.15, -0.1) is 0 Å². The number of ether oxygens (including phenoxy) is 1. The monoisotopic (exact) mass is 611 g/mol. The average Bonchev–Trinajstić information content (AvgIpc) is 3.01. The van der Waals surface area contributed by atoms with E-state index in [4.69, 9.17) is 9.16 Å². The van der Waals surface area contributed by atoms with Gasteiger partial charge in [0.1, 0.15) is 10.5 Å². The molecule has 2 nitrogen and oxygen atoms in total. The zero-order valence-electron chi connectivity index (χ0n) is 30.2. The van der Waals surface area contributed by atoms with Crippen LogP contribution in [0.3, 0.4) is 0 Å². The summed E-state index contributed by atoms with van der Waals surface area (Å²) in [7, 11) is 2.79. The fourth-order valence-corrected chi connectivity index (χ4v) is 7.69. The summed E-state index contributed by atoms with van der Waals surface area (Å²) >= 11 is 0. The highest BCUT2D eigenvalue weighted by Gasteiger charge is 2.37. The number of methoxy groups -OCH3 is 1. The van der Waals surface area contributed by atoms with E-state index in [1.165, 1.54) is 212 Å². The Hall–Kier alpha value is 0.137. The van der Waals surface area contributed by atoms with Crippen LogP contribution in [0.25, 0.3) is 0 Å². The van der Waals surface area contributed by atoms with Crippen molar-refractivity contribution in [1.29, 1.82) is 0 Å². The molecule has 0 aromatic rings. The molecular formula is C39H82O2Si. The summed E-state index contributed by atoms with van der Waals surface area (Å²) in [6.07, 6.45) is 46.0. The zero-order valence-corrected chi connectivity index (χ0v) is 32.2. The van der Waals surface area contributed by atoms with Crippen LogP contribution >= 0.6 is 0 Å². The van der Waals surface area contributed by atoms with E-state index in [0.29, 0.717) is 0 Å². The van der Waals surface area contributed by atoms with Crippen LogP contribution in [0.4, 0.5) is 0 Å². The van der Waals surface area contributed by atoms with E-state index in [0.717, 1.165) is 10.5 Å². The summed E-state index contributed by atoms with van der Waals surface area (Å²) in [5.41, 5.74) is -0.0272. The van der Waals surface area contributed by atoms with Gasteiger partial charge in [-0.25, -0.2) is 0 Å². The second-order valence-corrected chi connectivity index (χ2v) is 14.2. The smallest absolute Gasteiger partial charge is 0.146 e. The van der Waals surface area contributed by atoms with Crippen LogP contribution in [-0.2, 0) is 9.16 Å². The van der Waals surface area contributed by atoms with Crippen molar-refractivity contribution in [1.82, 2.24) is 0 Å². The van der Waals surface area contributed by atoms with Gasteiger partial charge in [0.15, 0.2) is 0 Å². The molecule has 0 saturated heterocycles. The molecule has 42 heavy (non-hydrogen) atoms. The molecule has 0 aliphatic heterocycles. The maximum atomic E-state index is 6.61. The maximum Gasteiger partial charge on any atom is 0.146 e. The molecule has 0 N–H and O–H groups in total. The molecule has 0 aliphatic carbocycles. The lowest BCUT2D eigenvalue weighted by Crippen LogP contribution is -2.46. The average molecular weight is 611 g/mol. The lowest BCUT2D eigenvalue weighted by atomic mass is 9.82. The largest absolute Gasteiger partial charge is 0.420 e. The lowest BCUT2D eigenvalue weighted by Gasteiger charge is -2.40. The number of hydrogen-bond donors (Lipinski definition) is 0. The fraction of sp³-hybridized carbons (Fsp3) is 1.00. The summed E-state index contributed by atoms with van der Waals surface area (Å²) in [6.45, 7) is 6.93. The number of rotatable bonds is 36. The molecule has 0 aromatic heterocycles. The second-order valence-electron chi connectivity index (χ2n) is 13.8. The summed E-state index contributed by atoms with van der Waals surface area (Å²) in [5, 5.41) is 0. The summed E-state index contributed by atoms with van der Waals surface area (Å²) in [6, 6.07) is 0. The highest BCUT2D eigenvalue weighted by Crippen LogP contribution is 2.34. The molecule has 0 fully saturated rings. The first-order valence-corrected chi connectivity index (χ1v) is 20.6. The fourth-order valence-electron chi connectivity index (χ4n) is 7.02. The second kappa shape index (κ2) is 34.0. The SMILES string of the molecule is CCCCCCCCCCCCC(OC)C(CCCCCCCCCCCC)(CCCCCCCCCCCC)O[SiH3]. The summed E-state index contributed by atoms with van der Waals surface area (Å²) in [5.74, 6) is 0. The van der Waals surface area contributed by atoms with Crippen LogP contribution in [0.1, 0.15) is 233 Å². The Morgan fingerprint density at radius 2 is 0.667 bits per heavy atom. The Bertz CT molecular complexity index is 473. The third kappa shape index (κ3) is 25.5. The lowest BCUT2D eigenvalue weighted by molar-refractivity contribution is -0.0887. The van der Waals surface area contributed by atoms with Crippen molar-refractivity contribution >= 4 is 10.5 Å². The molecule has 0 rings (SSSR count). The molecule has 3 heteroatoms. The molecular weight excluding hydrogens is 529 g/mol. The minimum Gasteiger partial charge on any atom is -0.420 e. The van der Waals surface area contributed by atoms with Crippen molar-refractivity contribution in [3.05, 3.63) is 0 Å². The van der Waals surface area contributed by atoms with E-state index in [-0.39, 0.29) is 11.7 Å². The van der Waals surface area contributed by atoms with Gasteiger partial charge in [-0.3, -0.25) is 0 Å². The van der Waals surface area contributed by atoms with E-state index < -0.39 is 0 Å². The predicted octanol–water partition coefficient (Wildman–Crippen LogP) is 13.0. The van der Waals surface area contributed by atoms with Crippen molar-refractivity contribution in [2.75, 3.05) is 7.11 Å². The highest BCUT2D eigenvalue weighted by molar-refractivity contribution is 5.98. The third-order valence-electron chi connectivity index (χ3n) is 10.0. The third-order valence-corrected chi connectivity index (χ3v) is 10.8. The van der Waals surface area contributed by atoms with Gasteiger partial charge in [0.25, 0.3) is 0 Å². The van der Waals surface area contributed by atoms with E-state index in [1.807, 2.05) is 7.11 Å². The van der Waals surface area contributed by atoms with Crippen molar-refractivity contribution in [3.8, 4) is 0 Å². The normalized spacial score (nSPS) is 12.9. The molecule has 1 unspecified atom stereocenters. The molecule has 254 valence electrons.